The Morgan fingerprint density at radius 3 is 2.40 bits per heavy atom. The molecular weight excluding hydrogens is 182 g/mol. The minimum absolute atomic E-state index is 1.12. The topological polar surface area (TPSA) is 12.0 Å². The van der Waals surface area contributed by atoms with E-state index in [0.29, 0.717) is 0 Å². The first-order chi connectivity index (χ1) is 7.45. The van der Waals surface area contributed by atoms with Gasteiger partial charge in [0, 0.05) is 11.4 Å². The van der Waals surface area contributed by atoms with E-state index >= 15 is 0 Å². The molecule has 0 aromatic heterocycles. The van der Waals surface area contributed by atoms with Crippen LogP contribution in [-0.4, -0.2) is 0 Å². The standard InChI is InChI=1S/C12H13N.C2H6/c1-3-7-11(8-4-1)13-12-9-5-2-6-10-12;1-2/h1-5,7-9,13H,6,10H2;1-2H3. The van der Waals surface area contributed by atoms with Gasteiger partial charge in [-0.25, -0.2) is 0 Å². The summed E-state index contributed by atoms with van der Waals surface area (Å²) in [5, 5.41) is 3.39. The molecule has 1 aliphatic carbocycles. The van der Waals surface area contributed by atoms with Gasteiger partial charge in [-0.3, -0.25) is 0 Å². The third-order valence-electron chi connectivity index (χ3n) is 2.09. The summed E-state index contributed by atoms with van der Waals surface area (Å²) in [6.45, 7) is 4.00. The average Bonchev–Trinajstić information content (AvgIpc) is 2.34. The van der Waals surface area contributed by atoms with Crippen LogP contribution in [0.25, 0.3) is 0 Å². The Labute approximate surface area is 92.5 Å². The second kappa shape index (κ2) is 6.88. The molecule has 0 fully saturated rings. The summed E-state index contributed by atoms with van der Waals surface area (Å²) in [5.41, 5.74) is 2.47. The molecule has 1 heteroatoms. The van der Waals surface area contributed by atoms with Crippen molar-refractivity contribution in [3.8, 4) is 0 Å². The van der Waals surface area contributed by atoms with E-state index in [9.17, 15) is 0 Å². The number of rotatable bonds is 2. The van der Waals surface area contributed by atoms with Gasteiger partial charge in [-0.2, -0.15) is 0 Å². The van der Waals surface area contributed by atoms with Crippen molar-refractivity contribution in [3.05, 3.63) is 54.3 Å². The van der Waals surface area contributed by atoms with Crippen molar-refractivity contribution in [1.82, 2.24) is 0 Å². The van der Waals surface area contributed by atoms with Gasteiger partial charge in [0.2, 0.25) is 0 Å². The number of para-hydroxylation sites is 1. The number of nitrogens with one attached hydrogen (secondary N) is 1. The van der Waals surface area contributed by atoms with Crippen LogP contribution in [0.3, 0.4) is 0 Å². The van der Waals surface area contributed by atoms with Gasteiger partial charge in [0.1, 0.15) is 0 Å². The Kier molecular flexibility index (Phi) is 5.31. The maximum absolute atomic E-state index is 3.39. The SMILES string of the molecule is C1=CCCC(Nc2ccccc2)=C1.CC. The maximum Gasteiger partial charge on any atom is 0.0381 e. The molecule has 1 aromatic carbocycles. The average molecular weight is 201 g/mol. The lowest BCUT2D eigenvalue weighted by atomic mass is 10.1. The summed E-state index contributed by atoms with van der Waals surface area (Å²) < 4.78 is 0. The molecular formula is C14H19N. The molecule has 0 atom stereocenters. The van der Waals surface area contributed by atoms with Crippen LogP contribution in [0.2, 0.25) is 0 Å². The molecule has 0 radical (unpaired) electrons. The van der Waals surface area contributed by atoms with E-state index in [1.54, 1.807) is 0 Å². The summed E-state index contributed by atoms with van der Waals surface area (Å²) in [4.78, 5) is 0. The van der Waals surface area contributed by atoms with Gasteiger partial charge in [0.05, 0.1) is 0 Å². The van der Waals surface area contributed by atoms with E-state index in [1.165, 1.54) is 11.4 Å². The van der Waals surface area contributed by atoms with E-state index in [2.05, 4.69) is 35.7 Å². The summed E-state index contributed by atoms with van der Waals surface area (Å²) in [5.74, 6) is 0. The Morgan fingerprint density at radius 2 is 1.80 bits per heavy atom. The molecule has 0 unspecified atom stereocenters. The van der Waals surface area contributed by atoms with Crippen LogP contribution >= 0.6 is 0 Å². The van der Waals surface area contributed by atoms with Gasteiger partial charge in [0.15, 0.2) is 0 Å². The molecule has 1 aromatic rings. The van der Waals surface area contributed by atoms with Crippen LogP contribution in [0.4, 0.5) is 5.69 Å². The lowest BCUT2D eigenvalue weighted by Gasteiger charge is -2.11. The first kappa shape index (κ1) is 11.6. The smallest absolute Gasteiger partial charge is 0.0381 e. The van der Waals surface area contributed by atoms with Crippen molar-refractivity contribution in [1.29, 1.82) is 0 Å². The molecule has 15 heavy (non-hydrogen) atoms. The fourth-order valence-electron chi connectivity index (χ4n) is 1.41. The van der Waals surface area contributed by atoms with Crippen molar-refractivity contribution in [2.75, 3.05) is 5.32 Å². The zero-order valence-electron chi connectivity index (χ0n) is 9.53. The Morgan fingerprint density at radius 1 is 1.07 bits per heavy atom. The fraction of sp³-hybridized carbons (Fsp3) is 0.286. The molecule has 1 N–H and O–H groups in total. The number of hydrogen-bond acceptors (Lipinski definition) is 1. The molecule has 2 rings (SSSR count). The lowest BCUT2D eigenvalue weighted by Crippen LogP contribution is -2.00. The van der Waals surface area contributed by atoms with Crippen LogP contribution in [-0.2, 0) is 0 Å². The Hall–Kier alpha value is -1.50. The van der Waals surface area contributed by atoms with Crippen LogP contribution in [0.15, 0.2) is 54.3 Å². The van der Waals surface area contributed by atoms with E-state index < -0.39 is 0 Å². The first-order valence-electron chi connectivity index (χ1n) is 5.63. The number of anilines is 1. The third-order valence-corrected chi connectivity index (χ3v) is 2.09. The van der Waals surface area contributed by atoms with Gasteiger partial charge < -0.3 is 5.32 Å². The third kappa shape index (κ3) is 4.03. The Balaban J connectivity index is 0.000000531. The molecule has 0 aliphatic heterocycles. The quantitative estimate of drug-likeness (QED) is 0.749. The minimum Gasteiger partial charge on any atom is -0.359 e. The molecule has 80 valence electrons. The molecule has 0 heterocycles. The summed E-state index contributed by atoms with van der Waals surface area (Å²) in [6.07, 6.45) is 8.69. The van der Waals surface area contributed by atoms with Crippen LogP contribution in [0.5, 0.6) is 0 Å². The number of hydrogen-bond donors (Lipinski definition) is 1. The van der Waals surface area contributed by atoms with Crippen molar-refractivity contribution in [2.24, 2.45) is 0 Å². The van der Waals surface area contributed by atoms with Crippen LogP contribution < -0.4 is 5.32 Å². The normalized spacial score (nSPS) is 13.6. The van der Waals surface area contributed by atoms with Gasteiger partial charge >= 0.3 is 0 Å². The van der Waals surface area contributed by atoms with Gasteiger partial charge in [-0.15, -0.1) is 0 Å². The number of allylic oxidation sites excluding steroid dienone is 4. The predicted octanol–water partition coefficient (Wildman–Crippen LogP) is 4.36. The maximum atomic E-state index is 3.39. The summed E-state index contributed by atoms with van der Waals surface area (Å²) >= 11 is 0. The highest BCUT2D eigenvalue weighted by atomic mass is 14.9. The summed E-state index contributed by atoms with van der Waals surface area (Å²) in [6, 6.07) is 10.3. The monoisotopic (exact) mass is 201 g/mol. The summed E-state index contributed by atoms with van der Waals surface area (Å²) in [7, 11) is 0. The highest BCUT2D eigenvalue weighted by molar-refractivity contribution is 5.48. The van der Waals surface area contributed by atoms with Crippen molar-refractivity contribution >= 4 is 5.69 Å². The molecule has 0 saturated heterocycles. The van der Waals surface area contributed by atoms with Crippen LogP contribution in [0, 0.1) is 0 Å². The zero-order chi connectivity index (χ0) is 10.9. The van der Waals surface area contributed by atoms with Crippen molar-refractivity contribution < 1.29 is 0 Å². The molecule has 0 spiro atoms. The molecule has 1 aliphatic rings. The second-order valence-electron chi connectivity index (χ2n) is 3.15. The highest BCUT2D eigenvalue weighted by Crippen LogP contribution is 2.15. The van der Waals surface area contributed by atoms with Gasteiger partial charge in [-0.1, -0.05) is 44.2 Å². The predicted molar refractivity (Wildman–Crippen MR) is 67.9 cm³/mol. The van der Waals surface area contributed by atoms with Gasteiger partial charge in [-0.05, 0) is 31.1 Å². The largest absolute Gasteiger partial charge is 0.359 e. The lowest BCUT2D eigenvalue weighted by molar-refractivity contribution is 0.967. The second-order valence-corrected chi connectivity index (χ2v) is 3.15. The zero-order valence-corrected chi connectivity index (χ0v) is 9.53. The number of benzene rings is 1. The molecule has 0 saturated carbocycles. The van der Waals surface area contributed by atoms with Crippen LogP contribution in [0.1, 0.15) is 26.7 Å². The van der Waals surface area contributed by atoms with Crippen molar-refractivity contribution in [2.45, 2.75) is 26.7 Å². The van der Waals surface area contributed by atoms with E-state index in [4.69, 9.17) is 0 Å². The highest BCUT2D eigenvalue weighted by Gasteiger charge is 1.98. The van der Waals surface area contributed by atoms with Gasteiger partial charge in [0.25, 0.3) is 0 Å². The molecule has 0 amide bonds. The van der Waals surface area contributed by atoms with E-state index in [-0.39, 0.29) is 0 Å². The first-order valence-corrected chi connectivity index (χ1v) is 5.63. The van der Waals surface area contributed by atoms with E-state index in [1.807, 2.05) is 32.0 Å². The molecule has 0 bridgehead atoms. The Bertz CT molecular complexity index is 322. The molecule has 1 nitrogen and oxygen atoms in total. The minimum atomic E-state index is 1.12. The van der Waals surface area contributed by atoms with E-state index in [0.717, 1.165) is 12.8 Å². The van der Waals surface area contributed by atoms with Crippen molar-refractivity contribution in [3.63, 3.8) is 0 Å². The fourth-order valence-corrected chi connectivity index (χ4v) is 1.41.